The summed E-state index contributed by atoms with van der Waals surface area (Å²) in [6.45, 7) is 0.860. The topological polar surface area (TPSA) is 76.5 Å². The van der Waals surface area contributed by atoms with Crippen molar-refractivity contribution < 1.29 is 18.3 Å². The zero-order valence-corrected chi connectivity index (χ0v) is 14.4. The molecular formula is C16H16F2N4O2S. The van der Waals surface area contributed by atoms with E-state index >= 15 is 0 Å². The molecule has 9 heteroatoms. The van der Waals surface area contributed by atoms with Gasteiger partial charge in [-0.25, -0.2) is 15.4 Å². The summed E-state index contributed by atoms with van der Waals surface area (Å²) in [5, 5.41) is 4.35. The summed E-state index contributed by atoms with van der Waals surface area (Å²) in [5.74, 6) is -0.121. The van der Waals surface area contributed by atoms with Crippen LogP contribution in [0.1, 0.15) is 17.0 Å². The minimum absolute atomic E-state index is 0.0565. The maximum absolute atomic E-state index is 12.0. The van der Waals surface area contributed by atoms with Crippen LogP contribution >= 0.6 is 11.8 Å². The van der Waals surface area contributed by atoms with Crippen LogP contribution in [0.4, 0.5) is 8.78 Å². The fourth-order valence-corrected chi connectivity index (χ4v) is 2.58. The van der Waals surface area contributed by atoms with E-state index in [2.05, 4.69) is 25.2 Å². The lowest BCUT2D eigenvalue weighted by molar-refractivity contribution is -0.118. The number of carbonyl (C=O) groups is 1. The third-order valence-corrected chi connectivity index (χ3v) is 3.65. The van der Waals surface area contributed by atoms with E-state index in [1.807, 2.05) is 19.9 Å². The second kappa shape index (κ2) is 9.07. The molecule has 1 N–H and O–H groups in total. The molecule has 0 fully saturated rings. The highest BCUT2D eigenvalue weighted by Crippen LogP contribution is 2.14. The molecule has 0 bridgehead atoms. The fourth-order valence-electron chi connectivity index (χ4n) is 1.83. The van der Waals surface area contributed by atoms with Gasteiger partial charge in [-0.2, -0.15) is 13.9 Å². The van der Waals surface area contributed by atoms with E-state index in [0.717, 1.165) is 11.4 Å². The molecule has 0 atom stereocenters. The predicted molar refractivity (Wildman–Crippen MR) is 91.0 cm³/mol. The third-order valence-electron chi connectivity index (χ3n) is 2.80. The standard InChI is InChI=1S/C16H16F2N4O2S/c1-10-7-11(2)21-16(20-10)25-9-14(23)22-19-8-12-3-5-13(6-4-12)24-15(17)18/h3-8,15H,9H2,1-2H3,(H,22,23)/b19-8+. The number of hydrogen-bond acceptors (Lipinski definition) is 6. The van der Waals surface area contributed by atoms with Crippen LogP contribution in [0.3, 0.4) is 0 Å². The number of rotatable bonds is 7. The van der Waals surface area contributed by atoms with Gasteiger partial charge in [0.1, 0.15) is 5.75 Å². The van der Waals surface area contributed by atoms with Crippen molar-refractivity contribution in [1.29, 1.82) is 0 Å². The van der Waals surface area contributed by atoms with Gasteiger partial charge in [-0.15, -0.1) is 0 Å². The van der Waals surface area contributed by atoms with Crippen molar-refractivity contribution in [2.45, 2.75) is 25.6 Å². The van der Waals surface area contributed by atoms with E-state index in [0.29, 0.717) is 10.7 Å². The molecule has 0 saturated carbocycles. The Kier molecular flexibility index (Phi) is 6.81. The fraction of sp³-hybridized carbons (Fsp3) is 0.250. The van der Waals surface area contributed by atoms with Crippen LogP contribution in [0.25, 0.3) is 0 Å². The van der Waals surface area contributed by atoms with Gasteiger partial charge in [0.2, 0.25) is 0 Å². The molecule has 132 valence electrons. The molecule has 1 aromatic heterocycles. The number of nitrogens with zero attached hydrogens (tertiary/aromatic N) is 3. The monoisotopic (exact) mass is 366 g/mol. The third kappa shape index (κ3) is 6.84. The lowest BCUT2D eigenvalue weighted by Crippen LogP contribution is -2.19. The number of nitrogens with one attached hydrogen (secondary N) is 1. The maximum Gasteiger partial charge on any atom is 0.387 e. The number of thioether (sulfide) groups is 1. The molecule has 0 spiro atoms. The van der Waals surface area contributed by atoms with E-state index in [-0.39, 0.29) is 17.4 Å². The molecule has 0 unspecified atom stereocenters. The number of ether oxygens (including phenoxy) is 1. The van der Waals surface area contributed by atoms with E-state index in [9.17, 15) is 13.6 Å². The van der Waals surface area contributed by atoms with Crippen molar-refractivity contribution in [3.05, 3.63) is 47.3 Å². The molecule has 2 rings (SSSR count). The highest BCUT2D eigenvalue weighted by atomic mass is 32.2. The lowest BCUT2D eigenvalue weighted by atomic mass is 10.2. The van der Waals surface area contributed by atoms with Crippen LogP contribution in [-0.4, -0.2) is 34.5 Å². The van der Waals surface area contributed by atoms with Crippen molar-refractivity contribution in [2.75, 3.05) is 5.75 Å². The Morgan fingerprint density at radius 3 is 2.52 bits per heavy atom. The molecule has 6 nitrogen and oxygen atoms in total. The van der Waals surface area contributed by atoms with Crippen LogP contribution in [-0.2, 0) is 4.79 Å². The summed E-state index contributed by atoms with van der Waals surface area (Å²) in [6, 6.07) is 7.73. The van der Waals surface area contributed by atoms with Gasteiger partial charge in [0.25, 0.3) is 5.91 Å². The van der Waals surface area contributed by atoms with Crippen molar-refractivity contribution in [2.24, 2.45) is 5.10 Å². The first kappa shape index (κ1) is 18.8. The van der Waals surface area contributed by atoms with Crippen molar-refractivity contribution >= 4 is 23.9 Å². The molecule has 0 aliphatic heterocycles. The molecule has 1 heterocycles. The lowest BCUT2D eigenvalue weighted by Gasteiger charge is -2.04. The Bertz CT molecular complexity index is 734. The van der Waals surface area contributed by atoms with E-state index in [1.165, 1.54) is 30.1 Å². The summed E-state index contributed by atoms with van der Waals surface area (Å²) < 4.78 is 28.3. The number of aryl methyl sites for hydroxylation is 2. The summed E-state index contributed by atoms with van der Waals surface area (Å²) in [6.07, 6.45) is 1.40. The molecule has 0 saturated heterocycles. The van der Waals surface area contributed by atoms with Crippen molar-refractivity contribution in [3.8, 4) is 5.75 Å². The highest BCUT2D eigenvalue weighted by Gasteiger charge is 2.05. The van der Waals surface area contributed by atoms with Crippen LogP contribution in [0, 0.1) is 13.8 Å². The van der Waals surface area contributed by atoms with Crippen LogP contribution in [0.2, 0.25) is 0 Å². The number of hydrazone groups is 1. The van der Waals surface area contributed by atoms with E-state index < -0.39 is 6.61 Å². The summed E-state index contributed by atoms with van der Waals surface area (Å²) in [7, 11) is 0. The largest absolute Gasteiger partial charge is 0.435 e. The first-order valence-corrected chi connectivity index (χ1v) is 8.23. The molecular weight excluding hydrogens is 350 g/mol. The molecule has 0 aliphatic rings. The van der Waals surface area contributed by atoms with Gasteiger partial charge in [-0.1, -0.05) is 11.8 Å². The number of aromatic nitrogens is 2. The molecule has 1 amide bonds. The first-order valence-electron chi connectivity index (χ1n) is 7.24. The van der Waals surface area contributed by atoms with Gasteiger partial charge < -0.3 is 4.74 Å². The minimum Gasteiger partial charge on any atom is -0.435 e. The second-order valence-corrected chi connectivity index (χ2v) is 5.91. The summed E-state index contributed by atoms with van der Waals surface area (Å²) in [4.78, 5) is 20.2. The Labute approximate surface area is 147 Å². The molecule has 2 aromatic rings. The normalized spacial score (nSPS) is 11.1. The van der Waals surface area contributed by atoms with Crippen LogP contribution < -0.4 is 10.2 Å². The van der Waals surface area contributed by atoms with Gasteiger partial charge >= 0.3 is 6.61 Å². The summed E-state index contributed by atoms with van der Waals surface area (Å²) >= 11 is 1.22. The Hall–Kier alpha value is -2.55. The first-order chi connectivity index (χ1) is 11.9. The van der Waals surface area contributed by atoms with Gasteiger partial charge in [0, 0.05) is 11.4 Å². The minimum atomic E-state index is -2.86. The quantitative estimate of drug-likeness (QED) is 0.353. The van der Waals surface area contributed by atoms with Crippen molar-refractivity contribution in [1.82, 2.24) is 15.4 Å². The number of hydrogen-bond donors (Lipinski definition) is 1. The maximum atomic E-state index is 12.0. The highest BCUT2D eigenvalue weighted by molar-refractivity contribution is 7.99. The second-order valence-electron chi connectivity index (χ2n) is 4.96. The Morgan fingerprint density at radius 2 is 1.92 bits per heavy atom. The van der Waals surface area contributed by atoms with Crippen LogP contribution in [0.5, 0.6) is 5.75 Å². The number of benzene rings is 1. The van der Waals surface area contributed by atoms with Gasteiger partial charge in [0.05, 0.1) is 12.0 Å². The molecule has 0 radical (unpaired) electrons. The summed E-state index contributed by atoms with van der Waals surface area (Å²) in [5.41, 5.74) is 4.69. The average molecular weight is 366 g/mol. The van der Waals surface area contributed by atoms with Gasteiger partial charge in [-0.3, -0.25) is 4.79 Å². The molecule has 25 heavy (non-hydrogen) atoms. The average Bonchev–Trinajstić information content (AvgIpc) is 2.53. The van der Waals surface area contributed by atoms with Crippen LogP contribution in [0.15, 0.2) is 40.6 Å². The Balaban J connectivity index is 1.80. The van der Waals surface area contributed by atoms with Gasteiger partial charge in [0.15, 0.2) is 5.16 Å². The zero-order valence-electron chi connectivity index (χ0n) is 13.6. The Morgan fingerprint density at radius 1 is 1.28 bits per heavy atom. The predicted octanol–water partition coefficient (Wildman–Crippen LogP) is 2.94. The number of halogens is 2. The van der Waals surface area contributed by atoms with Gasteiger partial charge in [-0.05, 0) is 49.7 Å². The van der Waals surface area contributed by atoms with Crippen molar-refractivity contribution in [3.63, 3.8) is 0 Å². The number of alkyl halides is 2. The van der Waals surface area contributed by atoms with E-state index in [4.69, 9.17) is 0 Å². The van der Waals surface area contributed by atoms with E-state index in [1.54, 1.807) is 12.1 Å². The zero-order chi connectivity index (χ0) is 18.2. The number of amides is 1. The molecule has 1 aromatic carbocycles. The SMILES string of the molecule is Cc1cc(C)nc(SCC(=O)N/N=C/c2ccc(OC(F)F)cc2)n1. The smallest absolute Gasteiger partial charge is 0.387 e. The number of carbonyl (C=O) groups excluding carboxylic acids is 1. The molecule has 0 aliphatic carbocycles.